The van der Waals surface area contributed by atoms with Gasteiger partial charge in [0, 0.05) is 6.61 Å². The lowest BCUT2D eigenvalue weighted by Crippen LogP contribution is -2.44. The normalized spacial score (nSPS) is 11.7. The van der Waals surface area contributed by atoms with Crippen molar-refractivity contribution in [1.82, 2.24) is 0 Å². The SMILES string of the molecule is C=C(c1ccc([SiH](C)C)cc1)c1ccc([Si](C)(C)OCC)cc1. The predicted octanol–water partition coefficient (Wildman–Crippen LogP) is 3.89. The lowest BCUT2D eigenvalue weighted by atomic mass is 10.00. The van der Waals surface area contributed by atoms with Gasteiger partial charge in [0.15, 0.2) is 0 Å². The molecule has 0 bridgehead atoms. The average molecular weight is 341 g/mol. The van der Waals surface area contributed by atoms with E-state index < -0.39 is 17.1 Å². The summed E-state index contributed by atoms with van der Waals surface area (Å²) in [7, 11) is -2.49. The van der Waals surface area contributed by atoms with E-state index in [-0.39, 0.29) is 0 Å². The minimum atomic E-state index is -1.76. The van der Waals surface area contributed by atoms with Crippen molar-refractivity contribution in [3.8, 4) is 0 Å². The first-order chi connectivity index (χ1) is 10.8. The van der Waals surface area contributed by atoms with E-state index in [0.29, 0.717) is 0 Å². The summed E-state index contributed by atoms with van der Waals surface area (Å²) in [6.07, 6.45) is 0. The quantitative estimate of drug-likeness (QED) is 0.725. The van der Waals surface area contributed by atoms with Gasteiger partial charge in [-0.05, 0) is 41.9 Å². The average Bonchev–Trinajstić information content (AvgIpc) is 2.54. The molecule has 1 nitrogen and oxygen atoms in total. The molecule has 122 valence electrons. The molecule has 0 heterocycles. The van der Waals surface area contributed by atoms with Crippen LogP contribution in [0.1, 0.15) is 18.1 Å². The molecule has 0 aliphatic heterocycles. The zero-order valence-corrected chi connectivity index (χ0v) is 17.2. The van der Waals surface area contributed by atoms with Gasteiger partial charge in [-0.15, -0.1) is 0 Å². The van der Waals surface area contributed by atoms with Gasteiger partial charge in [0.1, 0.15) is 0 Å². The number of hydrogen-bond donors (Lipinski definition) is 0. The molecule has 3 heteroatoms. The van der Waals surface area contributed by atoms with Crippen LogP contribution in [0, 0.1) is 0 Å². The van der Waals surface area contributed by atoms with Crippen molar-refractivity contribution in [2.24, 2.45) is 0 Å². The predicted molar refractivity (Wildman–Crippen MR) is 108 cm³/mol. The summed E-state index contributed by atoms with van der Waals surface area (Å²) in [5, 5.41) is 2.83. The fraction of sp³-hybridized carbons (Fsp3) is 0.300. The van der Waals surface area contributed by atoms with Gasteiger partial charge in [-0.2, -0.15) is 0 Å². The van der Waals surface area contributed by atoms with Gasteiger partial charge in [-0.3, -0.25) is 0 Å². The summed E-state index contributed by atoms with van der Waals surface area (Å²) >= 11 is 0. The summed E-state index contributed by atoms with van der Waals surface area (Å²) in [5.41, 5.74) is 3.48. The van der Waals surface area contributed by atoms with E-state index in [0.717, 1.165) is 12.2 Å². The van der Waals surface area contributed by atoms with Crippen LogP contribution in [0.5, 0.6) is 0 Å². The van der Waals surface area contributed by atoms with E-state index in [1.165, 1.54) is 21.5 Å². The maximum atomic E-state index is 5.96. The summed E-state index contributed by atoms with van der Waals surface area (Å²) in [4.78, 5) is 0. The third kappa shape index (κ3) is 4.31. The molecule has 23 heavy (non-hydrogen) atoms. The fourth-order valence-electron chi connectivity index (χ4n) is 2.75. The Balaban J connectivity index is 2.20. The molecule has 2 rings (SSSR count). The Morgan fingerprint density at radius 2 is 1.43 bits per heavy atom. The van der Waals surface area contributed by atoms with Gasteiger partial charge < -0.3 is 4.43 Å². The second kappa shape index (κ2) is 7.43. The highest BCUT2D eigenvalue weighted by atomic mass is 28.4. The van der Waals surface area contributed by atoms with E-state index in [2.05, 4.69) is 88.2 Å². The molecule has 0 aliphatic carbocycles. The Bertz CT molecular complexity index is 655. The van der Waals surface area contributed by atoms with Gasteiger partial charge >= 0.3 is 0 Å². The molecular weight excluding hydrogens is 312 g/mol. The van der Waals surface area contributed by atoms with Crippen molar-refractivity contribution in [3.05, 3.63) is 66.2 Å². The molecule has 0 aromatic heterocycles. The molecule has 0 spiro atoms. The number of hydrogen-bond acceptors (Lipinski definition) is 1. The molecule has 0 saturated heterocycles. The Labute approximate surface area is 143 Å². The first-order valence-corrected chi connectivity index (χ1v) is 14.2. The fourth-order valence-corrected chi connectivity index (χ4v) is 5.57. The van der Waals surface area contributed by atoms with E-state index >= 15 is 0 Å². The maximum absolute atomic E-state index is 5.96. The minimum Gasteiger partial charge on any atom is -0.413 e. The highest BCUT2D eigenvalue weighted by molar-refractivity contribution is 6.84. The van der Waals surface area contributed by atoms with Crippen molar-refractivity contribution < 1.29 is 4.43 Å². The topological polar surface area (TPSA) is 9.23 Å². The van der Waals surface area contributed by atoms with Crippen LogP contribution in [-0.2, 0) is 4.43 Å². The van der Waals surface area contributed by atoms with E-state index in [1.807, 2.05) is 0 Å². The lowest BCUT2D eigenvalue weighted by Gasteiger charge is -2.22. The second-order valence-corrected chi connectivity index (χ2v) is 13.6. The van der Waals surface area contributed by atoms with Crippen LogP contribution >= 0.6 is 0 Å². The molecule has 0 atom stereocenters. The first-order valence-electron chi connectivity index (χ1n) is 8.39. The van der Waals surface area contributed by atoms with Crippen molar-refractivity contribution >= 4 is 33.1 Å². The largest absolute Gasteiger partial charge is 0.413 e. The molecular formula is C20H28OSi2. The van der Waals surface area contributed by atoms with Gasteiger partial charge in [0.25, 0.3) is 0 Å². The zero-order valence-electron chi connectivity index (χ0n) is 15.0. The highest BCUT2D eigenvalue weighted by Crippen LogP contribution is 2.20. The zero-order chi connectivity index (χ0) is 17.0. The van der Waals surface area contributed by atoms with Crippen LogP contribution in [-0.4, -0.2) is 23.7 Å². The molecule has 0 fully saturated rings. The molecule has 0 saturated carbocycles. The van der Waals surface area contributed by atoms with Crippen LogP contribution in [0.15, 0.2) is 55.1 Å². The molecule has 0 unspecified atom stereocenters. The summed E-state index contributed by atoms with van der Waals surface area (Å²) in [6, 6.07) is 17.7. The van der Waals surface area contributed by atoms with Crippen LogP contribution in [0.3, 0.4) is 0 Å². The van der Waals surface area contributed by atoms with Crippen LogP contribution in [0.4, 0.5) is 0 Å². The van der Waals surface area contributed by atoms with Crippen molar-refractivity contribution in [2.75, 3.05) is 6.61 Å². The molecule has 0 aliphatic rings. The third-order valence-corrected chi connectivity index (χ3v) is 8.81. The van der Waals surface area contributed by atoms with Crippen LogP contribution < -0.4 is 10.4 Å². The standard InChI is InChI=1S/C20H28OSi2/c1-7-21-23(5,6)20-14-10-18(11-15-20)16(2)17-8-12-19(13-9-17)22(3)4/h8-15,22H,2,7H2,1,3-6H3. The number of rotatable bonds is 6. The first kappa shape index (κ1) is 17.9. The Morgan fingerprint density at radius 3 is 1.87 bits per heavy atom. The van der Waals surface area contributed by atoms with Crippen LogP contribution in [0.2, 0.25) is 26.2 Å². The molecule has 2 aromatic rings. The van der Waals surface area contributed by atoms with E-state index in [9.17, 15) is 0 Å². The van der Waals surface area contributed by atoms with Gasteiger partial charge in [0.05, 0.1) is 8.80 Å². The lowest BCUT2D eigenvalue weighted by molar-refractivity contribution is 0.339. The van der Waals surface area contributed by atoms with E-state index in [4.69, 9.17) is 4.43 Å². The van der Waals surface area contributed by atoms with Crippen molar-refractivity contribution in [2.45, 2.75) is 33.1 Å². The molecule has 0 amide bonds. The Morgan fingerprint density at radius 1 is 0.957 bits per heavy atom. The number of benzene rings is 2. The third-order valence-electron chi connectivity index (χ3n) is 4.36. The summed E-state index contributed by atoms with van der Waals surface area (Å²) < 4.78 is 5.96. The smallest absolute Gasteiger partial charge is 0.218 e. The van der Waals surface area contributed by atoms with Gasteiger partial charge in [0.2, 0.25) is 8.32 Å². The monoisotopic (exact) mass is 340 g/mol. The maximum Gasteiger partial charge on any atom is 0.218 e. The Kier molecular flexibility index (Phi) is 5.79. The minimum absolute atomic E-state index is 0.727. The molecule has 0 radical (unpaired) electrons. The summed E-state index contributed by atoms with van der Waals surface area (Å²) in [6.45, 7) is 16.3. The van der Waals surface area contributed by atoms with Crippen LogP contribution in [0.25, 0.3) is 5.57 Å². The van der Waals surface area contributed by atoms with Crippen molar-refractivity contribution in [3.63, 3.8) is 0 Å². The molecule has 0 N–H and O–H groups in total. The van der Waals surface area contributed by atoms with Crippen molar-refractivity contribution in [1.29, 1.82) is 0 Å². The Hall–Kier alpha value is -1.43. The molecule has 2 aromatic carbocycles. The summed E-state index contributed by atoms with van der Waals surface area (Å²) in [5.74, 6) is 0. The van der Waals surface area contributed by atoms with Gasteiger partial charge in [-0.25, -0.2) is 0 Å². The highest BCUT2D eigenvalue weighted by Gasteiger charge is 2.24. The second-order valence-electron chi connectivity index (χ2n) is 6.78. The van der Waals surface area contributed by atoms with Gasteiger partial charge in [-0.1, -0.05) is 73.4 Å². The van der Waals surface area contributed by atoms with E-state index in [1.54, 1.807) is 0 Å².